The van der Waals surface area contributed by atoms with Gasteiger partial charge in [-0.05, 0) is 42.1 Å². The van der Waals surface area contributed by atoms with Crippen molar-refractivity contribution in [2.75, 3.05) is 0 Å². The van der Waals surface area contributed by atoms with Crippen molar-refractivity contribution in [2.45, 2.75) is 6.92 Å². The van der Waals surface area contributed by atoms with Gasteiger partial charge in [-0.15, -0.1) is 11.3 Å². The van der Waals surface area contributed by atoms with Crippen molar-refractivity contribution < 1.29 is 0 Å². The van der Waals surface area contributed by atoms with Crippen LogP contribution < -0.4 is 0 Å². The molecule has 2 rings (SSSR count). The third kappa shape index (κ3) is 2.76. The lowest BCUT2D eigenvalue weighted by molar-refractivity contribution is 1.51. The van der Waals surface area contributed by atoms with Gasteiger partial charge in [0.1, 0.15) is 0 Å². The van der Waals surface area contributed by atoms with E-state index in [9.17, 15) is 5.26 Å². The standard InChI is InChI=1S/C14H9Cl2NS/c1-9-4-5-18-14(9)6-10(8-17)12-3-2-11(15)7-13(12)16/h2-7H,1H3/b10-6+. The van der Waals surface area contributed by atoms with Crippen molar-refractivity contribution >= 4 is 46.2 Å². The van der Waals surface area contributed by atoms with Crippen molar-refractivity contribution in [2.24, 2.45) is 0 Å². The Morgan fingerprint density at radius 2 is 2.11 bits per heavy atom. The molecule has 18 heavy (non-hydrogen) atoms. The molecule has 1 aromatic heterocycles. The number of halogens is 2. The molecular formula is C14H9Cl2NS. The van der Waals surface area contributed by atoms with Crippen molar-refractivity contribution in [1.29, 1.82) is 5.26 Å². The number of allylic oxidation sites excluding steroid dienone is 1. The molecule has 2 aromatic rings. The van der Waals surface area contributed by atoms with E-state index < -0.39 is 0 Å². The van der Waals surface area contributed by atoms with E-state index in [4.69, 9.17) is 23.2 Å². The van der Waals surface area contributed by atoms with Crippen molar-refractivity contribution in [3.05, 3.63) is 55.7 Å². The summed E-state index contributed by atoms with van der Waals surface area (Å²) in [5.74, 6) is 0. The molecule has 0 unspecified atom stereocenters. The van der Waals surface area contributed by atoms with E-state index in [1.807, 2.05) is 24.4 Å². The summed E-state index contributed by atoms with van der Waals surface area (Å²) in [6.07, 6.45) is 1.86. The largest absolute Gasteiger partial charge is 0.192 e. The van der Waals surface area contributed by atoms with E-state index in [0.717, 1.165) is 10.4 Å². The highest BCUT2D eigenvalue weighted by Crippen LogP contribution is 2.29. The van der Waals surface area contributed by atoms with Crippen LogP contribution in [0.15, 0.2) is 29.6 Å². The molecule has 1 aromatic carbocycles. The third-order valence-electron chi connectivity index (χ3n) is 2.52. The average Bonchev–Trinajstić information content (AvgIpc) is 2.73. The second-order valence-corrected chi connectivity index (χ2v) is 5.55. The van der Waals surface area contributed by atoms with Crippen LogP contribution in [0.1, 0.15) is 16.0 Å². The van der Waals surface area contributed by atoms with Gasteiger partial charge in [0.05, 0.1) is 16.7 Å². The topological polar surface area (TPSA) is 23.8 Å². The Morgan fingerprint density at radius 1 is 1.33 bits per heavy atom. The van der Waals surface area contributed by atoms with Gasteiger partial charge in [-0.25, -0.2) is 0 Å². The van der Waals surface area contributed by atoms with Gasteiger partial charge in [0.2, 0.25) is 0 Å². The molecule has 0 aliphatic carbocycles. The zero-order chi connectivity index (χ0) is 13.1. The Kier molecular flexibility index (Phi) is 4.08. The zero-order valence-electron chi connectivity index (χ0n) is 9.58. The monoisotopic (exact) mass is 293 g/mol. The molecular weight excluding hydrogens is 285 g/mol. The van der Waals surface area contributed by atoms with Gasteiger partial charge in [-0.1, -0.05) is 29.3 Å². The van der Waals surface area contributed by atoms with E-state index in [-0.39, 0.29) is 0 Å². The maximum Gasteiger partial charge on any atom is 0.0999 e. The van der Waals surface area contributed by atoms with E-state index in [1.54, 1.807) is 29.5 Å². The van der Waals surface area contributed by atoms with E-state index in [1.165, 1.54) is 0 Å². The summed E-state index contributed by atoms with van der Waals surface area (Å²) in [5.41, 5.74) is 2.40. The molecule has 0 aliphatic rings. The molecule has 0 fully saturated rings. The van der Waals surface area contributed by atoms with Crippen LogP contribution in [0.3, 0.4) is 0 Å². The zero-order valence-corrected chi connectivity index (χ0v) is 11.9. The van der Waals surface area contributed by atoms with Crippen LogP contribution in [0.2, 0.25) is 10.0 Å². The van der Waals surface area contributed by atoms with Crippen LogP contribution in [0.4, 0.5) is 0 Å². The number of benzene rings is 1. The van der Waals surface area contributed by atoms with Gasteiger partial charge < -0.3 is 0 Å². The Hall–Kier alpha value is -1.27. The fourth-order valence-corrected chi connectivity index (χ4v) is 2.91. The molecule has 0 radical (unpaired) electrons. The first-order valence-electron chi connectivity index (χ1n) is 5.23. The molecule has 0 spiro atoms. The minimum Gasteiger partial charge on any atom is -0.192 e. The number of nitriles is 1. The second-order valence-electron chi connectivity index (χ2n) is 3.76. The normalized spacial score (nSPS) is 11.3. The lowest BCUT2D eigenvalue weighted by Crippen LogP contribution is -1.84. The quantitative estimate of drug-likeness (QED) is 0.678. The van der Waals surface area contributed by atoms with E-state index in [0.29, 0.717) is 21.2 Å². The van der Waals surface area contributed by atoms with Crippen LogP contribution in [-0.2, 0) is 0 Å². The van der Waals surface area contributed by atoms with Gasteiger partial charge >= 0.3 is 0 Å². The average molecular weight is 294 g/mol. The predicted molar refractivity (Wildman–Crippen MR) is 79.0 cm³/mol. The fraction of sp³-hybridized carbons (Fsp3) is 0.0714. The van der Waals surface area contributed by atoms with Crippen LogP contribution in [0.25, 0.3) is 11.6 Å². The summed E-state index contributed by atoms with van der Waals surface area (Å²) in [6.45, 7) is 2.01. The van der Waals surface area contributed by atoms with E-state index >= 15 is 0 Å². The first-order valence-corrected chi connectivity index (χ1v) is 6.86. The molecule has 1 heterocycles. The highest BCUT2D eigenvalue weighted by molar-refractivity contribution is 7.11. The third-order valence-corrected chi connectivity index (χ3v) is 4.03. The summed E-state index contributed by atoms with van der Waals surface area (Å²) in [4.78, 5) is 1.07. The summed E-state index contributed by atoms with van der Waals surface area (Å²) in [6, 6.07) is 9.35. The highest BCUT2D eigenvalue weighted by atomic mass is 35.5. The lowest BCUT2D eigenvalue weighted by Gasteiger charge is -2.03. The minimum absolute atomic E-state index is 0.490. The molecule has 0 saturated heterocycles. The van der Waals surface area contributed by atoms with Gasteiger partial charge in [-0.2, -0.15) is 5.26 Å². The number of nitrogens with zero attached hydrogens (tertiary/aromatic N) is 1. The Bertz CT molecular complexity index is 650. The fourth-order valence-electron chi connectivity index (χ4n) is 1.54. The summed E-state index contributed by atoms with van der Waals surface area (Å²) >= 11 is 13.6. The van der Waals surface area contributed by atoms with E-state index in [2.05, 4.69) is 6.07 Å². The molecule has 0 N–H and O–H groups in total. The van der Waals surface area contributed by atoms with Gasteiger partial charge in [-0.3, -0.25) is 0 Å². The van der Waals surface area contributed by atoms with Crippen molar-refractivity contribution in [1.82, 2.24) is 0 Å². The number of hydrogen-bond donors (Lipinski definition) is 0. The molecule has 0 atom stereocenters. The number of rotatable bonds is 2. The van der Waals surface area contributed by atoms with Gasteiger partial charge in [0.15, 0.2) is 0 Å². The first kappa shape index (κ1) is 13.2. The summed E-state index contributed by atoms with van der Waals surface area (Å²) in [5, 5.41) is 12.3. The molecule has 0 saturated carbocycles. The summed E-state index contributed by atoms with van der Waals surface area (Å²) in [7, 11) is 0. The molecule has 90 valence electrons. The van der Waals surface area contributed by atoms with Crippen LogP contribution in [0.5, 0.6) is 0 Å². The Morgan fingerprint density at radius 3 is 2.67 bits per heavy atom. The van der Waals surface area contributed by atoms with Crippen LogP contribution >= 0.6 is 34.5 Å². The van der Waals surface area contributed by atoms with Crippen LogP contribution in [-0.4, -0.2) is 0 Å². The highest BCUT2D eigenvalue weighted by Gasteiger charge is 2.08. The van der Waals surface area contributed by atoms with Crippen LogP contribution in [0, 0.1) is 18.3 Å². The maximum atomic E-state index is 9.26. The van der Waals surface area contributed by atoms with Gasteiger partial charge in [0.25, 0.3) is 0 Å². The number of thiophene rings is 1. The Balaban J connectivity index is 2.50. The Labute approximate surface area is 120 Å². The number of aryl methyl sites for hydroxylation is 1. The minimum atomic E-state index is 0.490. The molecule has 0 aliphatic heterocycles. The smallest absolute Gasteiger partial charge is 0.0999 e. The summed E-state index contributed by atoms with van der Waals surface area (Å²) < 4.78 is 0. The second kappa shape index (κ2) is 5.58. The molecule has 0 amide bonds. The van der Waals surface area contributed by atoms with Gasteiger partial charge in [0, 0.05) is 15.5 Å². The van der Waals surface area contributed by atoms with Crippen molar-refractivity contribution in [3.63, 3.8) is 0 Å². The predicted octanol–water partition coefficient (Wildman–Crippen LogP) is 5.43. The lowest BCUT2D eigenvalue weighted by atomic mass is 10.1. The molecule has 1 nitrogen and oxygen atoms in total. The first-order chi connectivity index (χ1) is 8.61. The SMILES string of the molecule is Cc1ccsc1/C=C(\C#N)c1ccc(Cl)cc1Cl. The van der Waals surface area contributed by atoms with Crippen molar-refractivity contribution in [3.8, 4) is 6.07 Å². The number of hydrogen-bond acceptors (Lipinski definition) is 2. The molecule has 0 bridgehead atoms. The maximum absolute atomic E-state index is 9.26. The molecule has 4 heteroatoms.